The van der Waals surface area contributed by atoms with Crippen LogP contribution in [0.2, 0.25) is 0 Å². The van der Waals surface area contributed by atoms with Gasteiger partial charge in [0.05, 0.1) is 5.70 Å². The largest absolute Gasteiger partial charge is 0.454 e. The van der Waals surface area contributed by atoms with Crippen LogP contribution in [0.15, 0.2) is 184 Å². The highest BCUT2D eigenvalue weighted by Gasteiger charge is 2.21. The Labute approximate surface area is 317 Å². The molecule has 0 amide bonds. The Morgan fingerprint density at radius 2 is 1.19 bits per heavy atom. The van der Waals surface area contributed by atoms with Crippen molar-refractivity contribution in [2.45, 2.75) is 40.5 Å². The predicted octanol–water partition coefficient (Wildman–Crippen LogP) is 14.6. The van der Waals surface area contributed by atoms with Crippen molar-refractivity contribution in [3.63, 3.8) is 0 Å². The molecule has 1 aliphatic carbocycles. The highest BCUT2D eigenvalue weighted by atomic mass is 16.3. The Kier molecular flexibility index (Phi) is 8.67. The van der Waals surface area contributed by atoms with E-state index >= 15 is 0 Å². The van der Waals surface area contributed by atoms with Gasteiger partial charge in [-0.3, -0.25) is 0 Å². The molecule has 262 valence electrons. The normalized spacial score (nSPS) is 15.3. The second kappa shape index (κ2) is 14.0. The van der Waals surface area contributed by atoms with Crippen molar-refractivity contribution < 1.29 is 4.42 Å². The topological polar surface area (TPSA) is 25.5 Å². The predicted molar refractivity (Wildman–Crippen MR) is 230 cm³/mol. The summed E-state index contributed by atoms with van der Waals surface area (Å²) >= 11 is 0. The summed E-state index contributed by atoms with van der Waals surface area (Å²) in [6.07, 6.45) is 8.81. The molecule has 2 heteroatoms. The van der Waals surface area contributed by atoms with Crippen LogP contribution in [-0.2, 0) is 0 Å². The minimum atomic E-state index is 0.526. The van der Waals surface area contributed by atoms with Gasteiger partial charge in [0, 0.05) is 16.5 Å². The summed E-state index contributed by atoms with van der Waals surface area (Å²) in [7, 11) is 0. The lowest BCUT2D eigenvalue weighted by atomic mass is 9.92. The number of allylic oxidation sites excluding steroid dienone is 4. The Balaban J connectivity index is 1.19. The molecule has 0 fully saturated rings. The molecule has 2 nitrogen and oxygen atoms in total. The zero-order chi connectivity index (χ0) is 36.8. The van der Waals surface area contributed by atoms with E-state index in [9.17, 15) is 0 Å². The van der Waals surface area contributed by atoms with E-state index in [0.717, 1.165) is 57.7 Å². The lowest BCUT2D eigenvalue weighted by Crippen LogP contribution is -2.07. The number of aryl methyl sites for hydroxylation is 1. The lowest BCUT2D eigenvalue weighted by Gasteiger charge is -2.16. The average Bonchev–Trinajstić information content (AvgIpc) is 3.56. The molecule has 1 aliphatic rings. The first kappa shape index (κ1) is 33.6. The summed E-state index contributed by atoms with van der Waals surface area (Å²) in [5.41, 5.74) is 12.0. The maximum Gasteiger partial charge on any atom is 0.157 e. The van der Waals surface area contributed by atoms with Gasteiger partial charge in [-0.1, -0.05) is 153 Å². The van der Waals surface area contributed by atoms with Gasteiger partial charge in [0.25, 0.3) is 0 Å². The molecule has 9 rings (SSSR count). The first-order valence-electron chi connectivity index (χ1n) is 19.2. The average molecular weight is 698 g/mol. The van der Waals surface area contributed by atoms with E-state index < -0.39 is 0 Å². The number of benzene rings is 7. The summed E-state index contributed by atoms with van der Waals surface area (Å²) in [5.74, 6) is 1.33. The van der Waals surface area contributed by atoms with Crippen molar-refractivity contribution in [1.29, 1.82) is 0 Å². The third-order valence-electron chi connectivity index (χ3n) is 11.2. The van der Waals surface area contributed by atoms with Crippen LogP contribution in [0.5, 0.6) is 0 Å². The third kappa shape index (κ3) is 5.98. The summed E-state index contributed by atoms with van der Waals surface area (Å²) in [4.78, 5) is 5.55. The third-order valence-corrected chi connectivity index (χ3v) is 11.2. The Morgan fingerprint density at radius 3 is 1.81 bits per heavy atom. The molecule has 0 bridgehead atoms. The second-order valence-electron chi connectivity index (χ2n) is 14.7. The highest BCUT2D eigenvalue weighted by molar-refractivity contribution is 6.25. The van der Waals surface area contributed by atoms with Gasteiger partial charge >= 0.3 is 0 Å². The summed E-state index contributed by atoms with van der Waals surface area (Å²) in [6, 6.07) is 50.3. The number of fused-ring (bicyclic) bond motifs is 7. The summed E-state index contributed by atoms with van der Waals surface area (Å²) < 4.78 is 6.83. The van der Waals surface area contributed by atoms with Crippen LogP contribution in [0.4, 0.5) is 0 Å². The quantitative estimate of drug-likeness (QED) is 0.120. The van der Waals surface area contributed by atoms with Crippen molar-refractivity contribution in [3.8, 4) is 22.3 Å². The van der Waals surface area contributed by atoms with Crippen LogP contribution in [0.1, 0.15) is 50.5 Å². The Morgan fingerprint density at radius 1 is 0.630 bits per heavy atom. The SMILES string of the molecule is CC/C(C)=C(/N=C(c1ccc(-c2ccccc2)cc1)c1oc2ccc(-c3ccc4c5ccccc5c5ccccc5c4c3)cc2c1C)C1=CCC(C)C=C1. The second-order valence-corrected chi connectivity index (χ2v) is 14.7. The molecule has 0 saturated heterocycles. The molecule has 0 N–H and O–H groups in total. The van der Waals surface area contributed by atoms with Crippen LogP contribution in [-0.4, -0.2) is 5.71 Å². The van der Waals surface area contributed by atoms with E-state index in [-0.39, 0.29) is 0 Å². The molecular formula is C52H43NO. The molecule has 54 heavy (non-hydrogen) atoms. The minimum absolute atomic E-state index is 0.526. The van der Waals surface area contributed by atoms with Gasteiger partial charge in [-0.05, 0) is 117 Å². The van der Waals surface area contributed by atoms with Crippen LogP contribution < -0.4 is 0 Å². The smallest absolute Gasteiger partial charge is 0.157 e. The van der Waals surface area contributed by atoms with Gasteiger partial charge in [0.1, 0.15) is 11.3 Å². The van der Waals surface area contributed by atoms with Gasteiger partial charge in [0.2, 0.25) is 0 Å². The molecule has 7 aromatic carbocycles. The van der Waals surface area contributed by atoms with E-state index in [2.05, 4.69) is 185 Å². The first-order chi connectivity index (χ1) is 26.5. The van der Waals surface area contributed by atoms with Gasteiger partial charge in [-0.2, -0.15) is 0 Å². The van der Waals surface area contributed by atoms with E-state index in [1.807, 2.05) is 0 Å². The Bertz CT molecular complexity index is 2810. The van der Waals surface area contributed by atoms with Crippen LogP contribution in [0.3, 0.4) is 0 Å². The number of rotatable bonds is 7. The zero-order valence-corrected chi connectivity index (χ0v) is 31.4. The first-order valence-corrected chi connectivity index (χ1v) is 19.2. The van der Waals surface area contributed by atoms with E-state index in [1.54, 1.807) is 0 Å². The molecular weight excluding hydrogens is 655 g/mol. The van der Waals surface area contributed by atoms with Crippen molar-refractivity contribution in [2.24, 2.45) is 10.9 Å². The van der Waals surface area contributed by atoms with Crippen molar-refractivity contribution in [2.75, 3.05) is 0 Å². The molecule has 1 heterocycles. The molecule has 1 unspecified atom stereocenters. The molecule has 1 atom stereocenters. The Hall–Kier alpha value is -6.25. The van der Waals surface area contributed by atoms with Crippen molar-refractivity contribution in [1.82, 2.24) is 0 Å². The molecule has 0 saturated carbocycles. The number of hydrogen-bond donors (Lipinski definition) is 0. The van der Waals surface area contributed by atoms with Gasteiger partial charge in [-0.25, -0.2) is 4.99 Å². The number of aliphatic imine (C=N–C) groups is 1. The minimum Gasteiger partial charge on any atom is -0.454 e. The standard InChI is InChI=1S/C52H43NO/c1-5-34(3)50(38-21-19-33(2)20-22-38)53-51(39-25-23-37(24-26-39)36-13-7-6-8-14-36)52-35(4)47-31-41(28-30-49(47)54-52)40-27-29-46-44-17-10-9-15-42(44)43-16-11-12-18-45(43)48(46)32-40/h6-19,21-33H,5,20H2,1-4H3/b50-34+,53-51?. The van der Waals surface area contributed by atoms with E-state index in [0.29, 0.717) is 5.92 Å². The zero-order valence-electron chi connectivity index (χ0n) is 31.4. The fraction of sp³-hybridized carbons (Fsp3) is 0.135. The maximum atomic E-state index is 6.83. The van der Waals surface area contributed by atoms with Crippen molar-refractivity contribution >= 4 is 49.0 Å². The lowest BCUT2D eigenvalue weighted by molar-refractivity contribution is 0.602. The van der Waals surface area contributed by atoms with Crippen LogP contribution >= 0.6 is 0 Å². The van der Waals surface area contributed by atoms with Crippen molar-refractivity contribution in [3.05, 3.63) is 191 Å². The van der Waals surface area contributed by atoms with Gasteiger partial charge in [-0.15, -0.1) is 0 Å². The van der Waals surface area contributed by atoms with Gasteiger partial charge in [0.15, 0.2) is 5.76 Å². The highest BCUT2D eigenvalue weighted by Crippen LogP contribution is 2.39. The molecule has 0 radical (unpaired) electrons. The van der Waals surface area contributed by atoms with Crippen LogP contribution in [0, 0.1) is 12.8 Å². The summed E-state index contributed by atoms with van der Waals surface area (Å²) in [5, 5.41) is 8.79. The molecule has 1 aromatic heterocycles. The fourth-order valence-corrected chi connectivity index (χ4v) is 8.00. The van der Waals surface area contributed by atoms with Crippen LogP contribution in [0.25, 0.3) is 65.5 Å². The molecule has 0 spiro atoms. The monoisotopic (exact) mass is 697 g/mol. The fourth-order valence-electron chi connectivity index (χ4n) is 8.00. The number of furan rings is 1. The van der Waals surface area contributed by atoms with E-state index in [4.69, 9.17) is 9.41 Å². The number of nitrogens with zero attached hydrogens (tertiary/aromatic N) is 1. The summed E-state index contributed by atoms with van der Waals surface area (Å²) in [6.45, 7) is 8.85. The molecule has 0 aliphatic heterocycles. The molecule has 8 aromatic rings. The van der Waals surface area contributed by atoms with E-state index in [1.165, 1.54) is 60.2 Å². The maximum absolute atomic E-state index is 6.83. The number of hydrogen-bond acceptors (Lipinski definition) is 2. The van der Waals surface area contributed by atoms with Gasteiger partial charge < -0.3 is 4.42 Å².